The normalized spacial score (nSPS) is 10.1. The summed E-state index contributed by atoms with van der Waals surface area (Å²) in [5.74, 6) is -0.597. The Bertz CT molecular complexity index is 336. The minimum atomic E-state index is -0.529. The van der Waals surface area contributed by atoms with Crippen LogP contribution in [-0.2, 0) is 9.47 Å². The van der Waals surface area contributed by atoms with Gasteiger partial charge in [0.05, 0.1) is 6.61 Å². The van der Waals surface area contributed by atoms with Crippen LogP contribution in [0.25, 0.3) is 0 Å². The Morgan fingerprint density at radius 1 is 1.25 bits per heavy atom. The number of aromatic hydroxyl groups is 1. The van der Waals surface area contributed by atoms with E-state index in [4.69, 9.17) is 9.47 Å². The summed E-state index contributed by atoms with van der Waals surface area (Å²) in [6.07, 6.45) is 0.938. The SMILES string of the molecule is CCCOCCOC(=O)c1ccccc1O. The van der Waals surface area contributed by atoms with Gasteiger partial charge in [0.15, 0.2) is 0 Å². The second kappa shape index (κ2) is 6.85. The quantitative estimate of drug-likeness (QED) is 0.593. The minimum absolute atomic E-state index is 0.0676. The summed E-state index contributed by atoms with van der Waals surface area (Å²) < 4.78 is 10.1. The fraction of sp³-hybridized carbons (Fsp3) is 0.417. The minimum Gasteiger partial charge on any atom is -0.507 e. The number of esters is 1. The van der Waals surface area contributed by atoms with Crippen LogP contribution in [-0.4, -0.2) is 30.9 Å². The predicted molar refractivity (Wildman–Crippen MR) is 59.5 cm³/mol. The van der Waals surface area contributed by atoms with Crippen molar-refractivity contribution in [3.8, 4) is 5.75 Å². The predicted octanol–water partition coefficient (Wildman–Crippen LogP) is 1.98. The number of carbonyl (C=O) groups is 1. The van der Waals surface area contributed by atoms with Crippen molar-refractivity contribution in [2.24, 2.45) is 0 Å². The maximum Gasteiger partial charge on any atom is 0.341 e. The van der Waals surface area contributed by atoms with Gasteiger partial charge in [-0.15, -0.1) is 0 Å². The topological polar surface area (TPSA) is 55.8 Å². The van der Waals surface area contributed by atoms with Gasteiger partial charge < -0.3 is 14.6 Å². The molecule has 1 aromatic rings. The lowest BCUT2D eigenvalue weighted by Gasteiger charge is -2.06. The van der Waals surface area contributed by atoms with Crippen molar-refractivity contribution in [1.82, 2.24) is 0 Å². The Balaban J connectivity index is 2.33. The van der Waals surface area contributed by atoms with Crippen LogP contribution in [0.3, 0.4) is 0 Å². The summed E-state index contributed by atoms with van der Waals surface area (Å²) in [6.45, 7) is 3.25. The third-order valence-electron chi connectivity index (χ3n) is 1.93. The first-order chi connectivity index (χ1) is 7.75. The Kier molecular flexibility index (Phi) is 5.36. The molecule has 88 valence electrons. The Morgan fingerprint density at radius 3 is 2.69 bits per heavy atom. The molecule has 1 rings (SSSR count). The highest BCUT2D eigenvalue weighted by Crippen LogP contribution is 2.16. The van der Waals surface area contributed by atoms with Crippen LogP contribution < -0.4 is 0 Å². The molecule has 0 atom stereocenters. The van der Waals surface area contributed by atoms with E-state index in [1.54, 1.807) is 12.1 Å². The van der Waals surface area contributed by atoms with E-state index in [1.807, 2.05) is 6.92 Å². The van der Waals surface area contributed by atoms with Crippen molar-refractivity contribution in [3.63, 3.8) is 0 Å². The summed E-state index contributed by atoms with van der Waals surface area (Å²) in [6, 6.07) is 6.29. The third-order valence-corrected chi connectivity index (χ3v) is 1.93. The molecule has 16 heavy (non-hydrogen) atoms. The van der Waals surface area contributed by atoms with Crippen molar-refractivity contribution in [1.29, 1.82) is 0 Å². The van der Waals surface area contributed by atoms with Crippen LogP contribution in [0.2, 0.25) is 0 Å². The first kappa shape index (κ1) is 12.5. The molecule has 0 saturated carbocycles. The summed E-state index contributed by atoms with van der Waals surface area (Å²) in [4.78, 5) is 11.5. The molecule has 0 saturated heterocycles. The zero-order valence-electron chi connectivity index (χ0n) is 9.31. The van der Waals surface area contributed by atoms with Crippen LogP contribution in [0.5, 0.6) is 5.75 Å². The number of phenols is 1. The molecule has 0 aromatic heterocycles. The number of phenolic OH excluding ortho intramolecular Hbond substituents is 1. The lowest BCUT2D eigenvalue weighted by molar-refractivity contribution is 0.0316. The second-order valence-corrected chi connectivity index (χ2v) is 3.27. The highest BCUT2D eigenvalue weighted by Gasteiger charge is 2.10. The number of ether oxygens (including phenoxy) is 2. The van der Waals surface area contributed by atoms with Crippen molar-refractivity contribution < 1.29 is 19.4 Å². The molecule has 0 aliphatic heterocycles. The number of para-hydroxylation sites is 1. The molecule has 0 amide bonds. The van der Waals surface area contributed by atoms with Crippen molar-refractivity contribution in [2.45, 2.75) is 13.3 Å². The van der Waals surface area contributed by atoms with E-state index in [2.05, 4.69) is 0 Å². The van der Waals surface area contributed by atoms with Gasteiger partial charge in [-0.3, -0.25) is 0 Å². The number of rotatable bonds is 6. The molecule has 0 bridgehead atoms. The van der Waals surface area contributed by atoms with E-state index < -0.39 is 5.97 Å². The summed E-state index contributed by atoms with van der Waals surface area (Å²) in [7, 11) is 0. The number of benzene rings is 1. The van der Waals surface area contributed by atoms with Crippen molar-refractivity contribution in [2.75, 3.05) is 19.8 Å². The summed E-state index contributed by atoms with van der Waals surface area (Å²) in [5.41, 5.74) is 0.179. The van der Waals surface area contributed by atoms with Crippen LogP contribution in [0.1, 0.15) is 23.7 Å². The van der Waals surface area contributed by atoms with Gasteiger partial charge in [0.2, 0.25) is 0 Å². The molecule has 1 aromatic carbocycles. The van der Waals surface area contributed by atoms with Gasteiger partial charge in [-0.25, -0.2) is 4.79 Å². The Hall–Kier alpha value is -1.55. The molecule has 0 unspecified atom stereocenters. The van der Waals surface area contributed by atoms with Crippen molar-refractivity contribution >= 4 is 5.97 Å². The zero-order valence-corrected chi connectivity index (χ0v) is 9.31. The van der Waals surface area contributed by atoms with Crippen molar-refractivity contribution in [3.05, 3.63) is 29.8 Å². The standard InChI is InChI=1S/C12H16O4/c1-2-7-15-8-9-16-12(14)10-5-3-4-6-11(10)13/h3-6,13H,2,7-9H2,1H3. The number of carbonyl (C=O) groups excluding carboxylic acids is 1. The van der Waals surface area contributed by atoms with Gasteiger partial charge in [0.25, 0.3) is 0 Å². The molecule has 0 aliphatic carbocycles. The lowest BCUT2D eigenvalue weighted by Crippen LogP contribution is -2.11. The van der Waals surface area contributed by atoms with Crippen LogP contribution in [0.4, 0.5) is 0 Å². The van der Waals surface area contributed by atoms with E-state index in [1.165, 1.54) is 12.1 Å². The molecular weight excluding hydrogens is 208 g/mol. The van der Waals surface area contributed by atoms with Gasteiger partial charge in [0, 0.05) is 6.61 Å². The molecule has 0 fully saturated rings. The highest BCUT2D eigenvalue weighted by molar-refractivity contribution is 5.92. The molecule has 0 radical (unpaired) electrons. The van der Waals surface area contributed by atoms with Gasteiger partial charge in [-0.2, -0.15) is 0 Å². The average Bonchev–Trinajstić information content (AvgIpc) is 2.29. The Morgan fingerprint density at radius 2 is 2.00 bits per heavy atom. The molecule has 1 N–H and O–H groups in total. The highest BCUT2D eigenvalue weighted by atomic mass is 16.6. The van der Waals surface area contributed by atoms with Crippen LogP contribution >= 0.6 is 0 Å². The van der Waals surface area contributed by atoms with Gasteiger partial charge in [0.1, 0.15) is 17.9 Å². The number of hydrogen-bond acceptors (Lipinski definition) is 4. The van der Waals surface area contributed by atoms with E-state index in [0.717, 1.165) is 6.42 Å². The summed E-state index contributed by atoms with van der Waals surface area (Å²) in [5, 5.41) is 9.39. The maximum atomic E-state index is 11.5. The molecule has 0 spiro atoms. The molecule has 4 nitrogen and oxygen atoms in total. The monoisotopic (exact) mass is 224 g/mol. The largest absolute Gasteiger partial charge is 0.507 e. The molecular formula is C12H16O4. The average molecular weight is 224 g/mol. The molecule has 0 aliphatic rings. The van der Waals surface area contributed by atoms with E-state index in [0.29, 0.717) is 13.2 Å². The van der Waals surface area contributed by atoms with E-state index >= 15 is 0 Å². The lowest BCUT2D eigenvalue weighted by atomic mass is 10.2. The Labute approximate surface area is 94.8 Å². The maximum absolute atomic E-state index is 11.5. The van der Waals surface area contributed by atoms with Gasteiger partial charge in [-0.1, -0.05) is 19.1 Å². The first-order valence-corrected chi connectivity index (χ1v) is 5.28. The third kappa shape index (κ3) is 3.90. The fourth-order valence-electron chi connectivity index (χ4n) is 1.16. The van der Waals surface area contributed by atoms with Crippen LogP contribution in [0, 0.1) is 0 Å². The smallest absolute Gasteiger partial charge is 0.341 e. The zero-order chi connectivity index (χ0) is 11.8. The first-order valence-electron chi connectivity index (χ1n) is 5.28. The number of hydrogen-bond donors (Lipinski definition) is 1. The van der Waals surface area contributed by atoms with Gasteiger partial charge in [-0.05, 0) is 18.6 Å². The summed E-state index contributed by atoms with van der Waals surface area (Å²) >= 11 is 0. The van der Waals surface area contributed by atoms with E-state index in [9.17, 15) is 9.90 Å². The second-order valence-electron chi connectivity index (χ2n) is 3.27. The van der Waals surface area contributed by atoms with Crippen LogP contribution in [0.15, 0.2) is 24.3 Å². The van der Waals surface area contributed by atoms with E-state index in [-0.39, 0.29) is 17.9 Å². The molecule has 4 heteroatoms. The van der Waals surface area contributed by atoms with Gasteiger partial charge >= 0.3 is 5.97 Å². The molecule has 0 heterocycles. The fourth-order valence-corrected chi connectivity index (χ4v) is 1.16.